The Morgan fingerprint density at radius 3 is 2.19 bits per heavy atom. The molecular formula is C19H25F4N3. The molecule has 3 nitrogen and oxygen atoms in total. The first-order valence-electron chi connectivity index (χ1n) is 9.27. The van der Waals surface area contributed by atoms with Crippen LogP contribution in [0.5, 0.6) is 0 Å². The summed E-state index contributed by atoms with van der Waals surface area (Å²) in [6.07, 6.45) is -0.619. The van der Waals surface area contributed by atoms with E-state index in [1.807, 2.05) is 4.90 Å². The van der Waals surface area contributed by atoms with Gasteiger partial charge < -0.3 is 16.4 Å². The molecule has 4 N–H and O–H groups in total. The Hall–Kier alpha value is -1.34. The predicted octanol–water partition coefficient (Wildman–Crippen LogP) is 3.66. The Morgan fingerprint density at radius 1 is 1.08 bits per heavy atom. The van der Waals surface area contributed by atoms with Gasteiger partial charge in [0.1, 0.15) is 5.82 Å². The molecule has 0 atom stereocenters. The lowest BCUT2D eigenvalue weighted by molar-refractivity contribution is -0.179. The largest absolute Gasteiger partial charge is 0.391 e. The van der Waals surface area contributed by atoms with Gasteiger partial charge in [-0.25, -0.2) is 4.39 Å². The van der Waals surface area contributed by atoms with Gasteiger partial charge in [-0.1, -0.05) is 6.07 Å². The number of anilines is 1. The van der Waals surface area contributed by atoms with Gasteiger partial charge in [-0.2, -0.15) is 13.2 Å². The van der Waals surface area contributed by atoms with Gasteiger partial charge in [0.05, 0.1) is 5.92 Å². The molecule has 3 aliphatic rings. The van der Waals surface area contributed by atoms with Crippen molar-refractivity contribution in [3.05, 3.63) is 29.6 Å². The first kappa shape index (κ1) is 18.0. The molecule has 0 radical (unpaired) electrons. The van der Waals surface area contributed by atoms with E-state index in [0.717, 1.165) is 25.7 Å². The van der Waals surface area contributed by atoms with E-state index in [1.165, 1.54) is 6.07 Å². The number of alkyl halides is 3. The van der Waals surface area contributed by atoms with Crippen LogP contribution in [0.1, 0.15) is 44.1 Å². The fourth-order valence-corrected chi connectivity index (χ4v) is 5.39. The number of halogens is 4. The number of nitrogens with zero attached hydrogens (tertiary/aromatic N) is 1. The minimum Gasteiger partial charge on any atom is -0.371 e. The van der Waals surface area contributed by atoms with Crippen LogP contribution in [0.25, 0.3) is 0 Å². The molecule has 1 aromatic carbocycles. The van der Waals surface area contributed by atoms with Crippen LogP contribution in [0, 0.1) is 17.2 Å². The van der Waals surface area contributed by atoms with E-state index in [2.05, 4.69) is 0 Å². The molecule has 3 fully saturated rings. The molecule has 0 aromatic heterocycles. The maximum atomic E-state index is 14.7. The van der Waals surface area contributed by atoms with Gasteiger partial charge in [0.15, 0.2) is 0 Å². The molecule has 1 heterocycles. The van der Waals surface area contributed by atoms with Gasteiger partial charge >= 0.3 is 6.18 Å². The fourth-order valence-electron chi connectivity index (χ4n) is 5.39. The zero-order chi connectivity index (χ0) is 18.7. The molecule has 144 valence electrons. The average molecular weight is 371 g/mol. The number of hydrogen-bond acceptors (Lipinski definition) is 3. The third-order valence-electron chi connectivity index (χ3n) is 6.58. The Morgan fingerprint density at radius 2 is 1.69 bits per heavy atom. The van der Waals surface area contributed by atoms with Crippen LogP contribution >= 0.6 is 0 Å². The highest BCUT2D eigenvalue weighted by Crippen LogP contribution is 2.62. The highest BCUT2D eigenvalue weighted by Gasteiger charge is 2.59. The maximum absolute atomic E-state index is 14.7. The van der Waals surface area contributed by atoms with Crippen molar-refractivity contribution in [2.75, 3.05) is 18.0 Å². The highest BCUT2D eigenvalue weighted by molar-refractivity contribution is 5.50. The van der Waals surface area contributed by atoms with Crippen molar-refractivity contribution in [3.63, 3.8) is 0 Å². The Labute approximate surface area is 150 Å². The van der Waals surface area contributed by atoms with Gasteiger partial charge in [0, 0.05) is 35.9 Å². The average Bonchev–Trinajstić information content (AvgIpc) is 2.51. The topological polar surface area (TPSA) is 55.3 Å². The smallest absolute Gasteiger partial charge is 0.371 e. The van der Waals surface area contributed by atoms with Crippen LogP contribution in [0.2, 0.25) is 0 Å². The van der Waals surface area contributed by atoms with Gasteiger partial charge in [0.2, 0.25) is 0 Å². The molecule has 4 rings (SSSR count). The van der Waals surface area contributed by atoms with E-state index in [1.54, 1.807) is 12.1 Å². The molecule has 7 heteroatoms. The normalized spacial score (nSPS) is 35.3. The minimum atomic E-state index is -4.14. The number of rotatable bonds is 2. The summed E-state index contributed by atoms with van der Waals surface area (Å²) in [7, 11) is 0. The third-order valence-corrected chi connectivity index (χ3v) is 6.58. The molecule has 1 aliphatic heterocycles. The van der Waals surface area contributed by atoms with Gasteiger partial charge in [-0.05, 0) is 56.1 Å². The first-order valence-corrected chi connectivity index (χ1v) is 9.27. The van der Waals surface area contributed by atoms with Gasteiger partial charge in [-0.15, -0.1) is 0 Å². The lowest BCUT2D eigenvalue weighted by Crippen LogP contribution is -2.63. The summed E-state index contributed by atoms with van der Waals surface area (Å²) in [5, 5.41) is 0. The fraction of sp³-hybridized carbons (Fsp3) is 0.684. The van der Waals surface area contributed by atoms with Gasteiger partial charge in [0.25, 0.3) is 0 Å². The van der Waals surface area contributed by atoms with E-state index in [4.69, 9.17) is 11.5 Å². The lowest BCUT2D eigenvalue weighted by Gasteiger charge is -2.62. The number of hydrogen-bond donors (Lipinski definition) is 2. The molecule has 1 aromatic rings. The van der Waals surface area contributed by atoms with E-state index in [-0.39, 0.29) is 43.2 Å². The zero-order valence-corrected chi connectivity index (χ0v) is 14.7. The van der Waals surface area contributed by atoms with Crippen LogP contribution < -0.4 is 16.4 Å². The van der Waals surface area contributed by atoms with Crippen LogP contribution in [0.15, 0.2) is 18.2 Å². The summed E-state index contributed by atoms with van der Waals surface area (Å²) in [5.74, 6) is -1.61. The summed E-state index contributed by atoms with van der Waals surface area (Å²) in [6.45, 7) is 0.579. The summed E-state index contributed by atoms with van der Waals surface area (Å²) in [6, 6.07) is 5.17. The number of benzene rings is 1. The van der Waals surface area contributed by atoms with E-state index < -0.39 is 17.6 Å². The second kappa shape index (κ2) is 5.83. The van der Waals surface area contributed by atoms with E-state index in [9.17, 15) is 17.6 Å². The van der Waals surface area contributed by atoms with Crippen molar-refractivity contribution in [3.8, 4) is 0 Å². The van der Waals surface area contributed by atoms with Crippen molar-refractivity contribution < 1.29 is 17.6 Å². The number of nitrogens with two attached hydrogens (primary N) is 2. The van der Waals surface area contributed by atoms with Crippen molar-refractivity contribution in [2.24, 2.45) is 22.8 Å². The summed E-state index contributed by atoms with van der Waals surface area (Å²) in [5.41, 5.74) is 13.0. The Balaban J connectivity index is 1.43. The molecule has 1 saturated heterocycles. The second-order valence-corrected chi connectivity index (χ2v) is 8.65. The van der Waals surface area contributed by atoms with Crippen molar-refractivity contribution >= 4 is 5.69 Å². The van der Waals surface area contributed by atoms with Crippen molar-refractivity contribution in [1.82, 2.24) is 0 Å². The predicted molar refractivity (Wildman–Crippen MR) is 92.1 cm³/mol. The van der Waals surface area contributed by atoms with Crippen LogP contribution in [0.4, 0.5) is 23.2 Å². The van der Waals surface area contributed by atoms with Crippen LogP contribution in [0.3, 0.4) is 0 Å². The minimum absolute atomic E-state index is 0.0521. The van der Waals surface area contributed by atoms with Crippen molar-refractivity contribution in [1.29, 1.82) is 0 Å². The van der Waals surface area contributed by atoms with Gasteiger partial charge in [-0.3, -0.25) is 0 Å². The second-order valence-electron chi connectivity index (χ2n) is 8.65. The molecule has 0 bridgehead atoms. The van der Waals surface area contributed by atoms with Crippen molar-refractivity contribution in [2.45, 2.75) is 56.3 Å². The lowest BCUT2D eigenvalue weighted by atomic mass is 9.46. The van der Waals surface area contributed by atoms with E-state index in [0.29, 0.717) is 11.3 Å². The molecule has 2 saturated carbocycles. The monoisotopic (exact) mass is 371 g/mol. The molecule has 0 amide bonds. The molecule has 2 aliphatic carbocycles. The molecule has 26 heavy (non-hydrogen) atoms. The van der Waals surface area contributed by atoms with Crippen LogP contribution in [-0.4, -0.2) is 25.3 Å². The maximum Gasteiger partial charge on any atom is 0.391 e. The standard InChI is InChI=1S/C19H25F4N3/c20-16-7-14(26-5-3-12(4-6-26)19(21,22)23)1-2-15(16)18(25)10-17(11-18)8-13(24)9-17/h1-2,7,12-13H,3-6,8-11,24-25H2. The molecule has 0 unspecified atom stereocenters. The Bertz CT molecular complexity index is 681. The summed E-state index contributed by atoms with van der Waals surface area (Å²) in [4.78, 5) is 1.82. The zero-order valence-electron chi connectivity index (χ0n) is 14.7. The van der Waals surface area contributed by atoms with E-state index >= 15 is 0 Å². The Kier molecular flexibility index (Phi) is 4.04. The first-order chi connectivity index (χ1) is 12.1. The molecular weight excluding hydrogens is 346 g/mol. The molecule has 1 spiro atoms. The van der Waals surface area contributed by atoms with Crippen LogP contribution in [-0.2, 0) is 5.54 Å². The summed E-state index contributed by atoms with van der Waals surface area (Å²) >= 11 is 0. The SMILES string of the molecule is NC1CC2(C1)CC(N)(c1ccc(N3CCC(C(F)(F)F)CC3)cc1F)C2. The number of piperidine rings is 1. The highest BCUT2D eigenvalue weighted by atomic mass is 19.4. The quantitative estimate of drug-likeness (QED) is 0.780. The summed E-state index contributed by atoms with van der Waals surface area (Å²) < 4.78 is 53.1. The third kappa shape index (κ3) is 2.99.